The minimum Gasteiger partial charge on any atom is -0.362 e. The van der Waals surface area contributed by atoms with E-state index in [-0.39, 0.29) is 0 Å². The molecule has 0 radical (unpaired) electrons. The monoisotopic (exact) mass is 141 g/mol. The Kier molecular flexibility index (Phi) is 5.36. The fourth-order valence-corrected chi connectivity index (χ4v) is 0.471. The average Bonchev–Trinajstić information content (AvgIpc) is 2.39. The Labute approximate surface area is 59.4 Å². The zero-order valence-corrected chi connectivity index (χ0v) is 5.58. The molecule has 0 aliphatic carbocycles. The smallest absolute Gasteiger partial charge is 0.0374 e. The van der Waals surface area contributed by atoms with Gasteiger partial charge in [-0.2, -0.15) is 11.8 Å². The first-order chi connectivity index (χ1) is 4.85. The van der Waals surface area contributed by atoms with E-state index in [0.717, 1.165) is 5.69 Å². The molecule has 0 unspecified atom stereocenters. The van der Waals surface area contributed by atoms with Gasteiger partial charge < -0.3 is 4.98 Å². The minimum absolute atomic E-state index is 1.07. The van der Waals surface area contributed by atoms with Crippen LogP contribution in [-0.4, -0.2) is 4.98 Å². The molecule has 10 heavy (non-hydrogen) atoms. The van der Waals surface area contributed by atoms with Crippen molar-refractivity contribution in [3.05, 3.63) is 30.6 Å². The summed E-state index contributed by atoms with van der Waals surface area (Å²) in [4.78, 5) is 6.22. The quantitative estimate of drug-likeness (QED) is 0.495. The van der Waals surface area contributed by atoms with Gasteiger partial charge in [0.05, 0.1) is 0 Å². The molecule has 1 heterocycles. The van der Waals surface area contributed by atoms with E-state index in [9.17, 15) is 0 Å². The Morgan fingerprint density at radius 2 is 2.20 bits per heavy atom. The Balaban J connectivity index is 0.000000236. The molecule has 0 spiro atoms. The Morgan fingerprint density at radius 3 is 2.40 bits per heavy atom. The molecule has 0 saturated heterocycles. The molecule has 0 bridgehead atoms. The van der Waals surface area contributed by atoms with Crippen molar-refractivity contribution in [2.45, 2.75) is 0 Å². The van der Waals surface area contributed by atoms with Crippen molar-refractivity contribution in [1.82, 2.24) is 4.98 Å². The molecule has 5 N–H and O–H groups in total. The van der Waals surface area contributed by atoms with Crippen molar-refractivity contribution in [3.63, 3.8) is 0 Å². The minimum atomic E-state index is 1.07. The van der Waals surface area contributed by atoms with E-state index >= 15 is 0 Å². The van der Waals surface area contributed by atoms with E-state index in [1.165, 1.54) is 0 Å². The molecule has 56 valence electrons. The number of aromatic amines is 1. The summed E-state index contributed by atoms with van der Waals surface area (Å²) in [5, 5.41) is 0. The van der Waals surface area contributed by atoms with Crippen molar-refractivity contribution in [1.29, 1.82) is 0 Å². The largest absolute Gasteiger partial charge is 0.362 e. The van der Waals surface area contributed by atoms with Gasteiger partial charge in [0.1, 0.15) is 0 Å². The number of hydrogen-bond donors (Lipinski definition) is 3. The maximum absolute atomic E-state index is 4.12. The first-order valence-electron chi connectivity index (χ1n) is 2.66. The van der Waals surface area contributed by atoms with Crippen LogP contribution in [0.25, 0.3) is 6.08 Å². The summed E-state index contributed by atoms with van der Waals surface area (Å²) in [5.74, 6) is 8.25. The van der Waals surface area contributed by atoms with Crippen LogP contribution in [0.3, 0.4) is 0 Å². The van der Waals surface area contributed by atoms with E-state index in [4.69, 9.17) is 0 Å². The molecule has 4 nitrogen and oxygen atoms in total. The molecule has 0 aromatic carbocycles. The van der Waals surface area contributed by atoms with Crippen LogP contribution < -0.4 is 11.8 Å². The summed E-state index contributed by atoms with van der Waals surface area (Å²) >= 11 is 0. The lowest BCUT2D eigenvalue weighted by Crippen LogP contribution is -2.03. The van der Waals surface area contributed by atoms with Crippen molar-refractivity contribution in [2.24, 2.45) is 11.8 Å². The molecular formula is C6H11N3O. The molecular weight excluding hydrogens is 130 g/mol. The summed E-state index contributed by atoms with van der Waals surface area (Å²) in [6.07, 6.45) is 3.65. The Bertz CT molecular complexity index is 160. The van der Waals surface area contributed by atoms with Crippen LogP contribution in [0.1, 0.15) is 5.69 Å². The van der Waals surface area contributed by atoms with Gasteiger partial charge in [0.15, 0.2) is 0 Å². The third-order valence-electron chi connectivity index (χ3n) is 0.842. The van der Waals surface area contributed by atoms with Crippen molar-refractivity contribution in [3.8, 4) is 0 Å². The van der Waals surface area contributed by atoms with Crippen LogP contribution in [0.5, 0.6) is 0 Å². The SMILES string of the molecule is C=Cc1ccc[nH]1.NON. The van der Waals surface area contributed by atoms with Crippen LogP contribution in [0.2, 0.25) is 0 Å². The number of H-pyrrole nitrogens is 1. The first-order valence-corrected chi connectivity index (χ1v) is 2.66. The maximum Gasteiger partial charge on any atom is 0.0374 e. The second kappa shape index (κ2) is 6.03. The zero-order valence-electron chi connectivity index (χ0n) is 5.58. The van der Waals surface area contributed by atoms with Gasteiger partial charge in [-0.25, -0.2) is 4.94 Å². The zero-order chi connectivity index (χ0) is 7.82. The number of nitrogens with two attached hydrogens (primary N) is 2. The van der Waals surface area contributed by atoms with Crippen molar-refractivity contribution >= 4 is 6.08 Å². The van der Waals surface area contributed by atoms with Gasteiger partial charge in [0, 0.05) is 11.9 Å². The third kappa shape index (κ3) is 3.85. The third-order valence-corrected chi connectivity index (χ3v) is 0.842. The average molecular weight is 141 g/mol. The van der Waals surface area contributed by atoms with Gasteiger partial charge in [-0.15, -0.1) is 0 Å². The van der Waals surface area contributed by atoms with Gasteiger partial charge in [-0.05, 0) is 18.2 Å². The highest BCUT2D eigenvalue weighted by Gasteiger charge is 1.76. The molecule has 0 aliphatic rings. The molecule has 1 rings (SSSR count). The first kappa shape index (κ1) is 8.90. The number of rotatable bonds is 1. The van der Waals surface area contributed by atoms with Gasteiger partial charge >= 0.3 is 0 Å². The number of nitrogens with one attached hydrogen (secondary N) is 1. The summed E-state index contributed by atoms with van der Waals surface area (Å²) in [6.45, 7) is 3.57. The Hall–Kier alpha value is -1.10. The topological polar surface area (TPSA) is 77.1 Å². The summed E-state index contributed by atoms with van der Waals surface area (Å²) in [5.41, 5.74) is 1.07. The lowest BCUT2D eigenvalue weighted by molar-refractivity contribution is 0.142. The second-order valence-electron chi connectivity index (χ2n) is 1.47. The van der Waals surface area contributed by atoms with Gasteiger partial charge in [-0.1, -0.05) is 6.58 Å². The normalized spacial score (nSPS) is 7.80. The molecule has 0 aliphatic heterocycles. The molecule has 0 saturated carbocycles. The van der Waals surface area contributed by atoms with Crippen molar-refractivity contribution < 1.29 is 4.94 Å². The fraction of sp³-hybridized carbons (Fsp3) is 0. The van der Waals surface area contributed by atoms with Gasteiger partial charge in [0.2, 0.25) is 0 Å². The Morgan fingerprint density at radius 1 is 1.60 bits per heavy atom. The molecule has 0 amide bonds. The molecule has 0 fully saturated rings. The predicted molar refractivity (Wildman–Crippen MR) is 40.3 cm³/mol. The van der Waals surface area contributed by atoms with Crippen LogP contribution in [-0.2, 0) is 4.94 Å². The highest BCUT2D eigenvalue weighted by Crippen LogP contribution is 1.92. The lowest BCUT2D eigenvalue weighted by Gasteiger charge is -1.74. The van der Waals surface area contributed by atoms with E-state index in [2.05, 4.69) is 28.3 Å². The standard InChI is InChI=1S/C6H7N.H4N2O/c1-2-6-4-3-5-7-6;1-3-2/h2-5,7H,1H2;1-2H2. The van der Waals surface area contributed by atoms with Crippen LogP contribution in [0.4, 0.5) is 0 Å². The molecule has 1 aromatic heterocycles. The summed E-state index contributed by atoms with van der Waals surface area (Å²) in [7, 11) is 0. The van der Waals surface area contributed by atoms with E-state index in [1.54, 1.807) is 6.08 Å². The second-order valence-corrected chi connectivity index (χ2v) is 1.47. The molecule has 1 aromatic rings. The highest BCUT2D eigenvalue weighted by atomic mass is 16.7. The molecule has 4 heteroatoms. The van der Waals surface area contributed by atoms with Crippen LogP contribution in [0.15, 0.2) is 24.9 Å². The van der Waals surface area contributed by atoms with E-state index in [0.29, 0.717) is 0 Å². The number of hydrogen-bond acceptors (Lipinski definition) is 3. The molecule has 0 atom stereocenters. The predicted octanol–water partition coefficient (Wildman–Crippen LogP) is 0.408. The highest BCUT2D eigenvalue weighted by molar-refractivity contribution is 5.40. The number of aromatic nitrogens is 1. The lowest BCUT2D eigenvalue weighted by atomic mass is 10.4. The van der Waals surface area contributed by atoms with Crippen molar-refractivity contribution in [2.75, 3.05) is 0 Å². The van der Waals surface area contributed by atoms with E-state index < -0.39 is 0 Å². The summed E-state index contributed by atoms with van der Waals surface area (Å²) < 4.78 is 0. The van der Waals surface area contributed by atoms with Gasteiger partial charge in [0.25, 0.3) is 0 Å². The van der Waals surface area contributed by atoms with Gasteiger partial charge in [-0.3, -0.25) is 0 Å². The van der Waals surface area contributed by atoms with E-state index in [1.807, 2.05) is 18.3 Å². The van der Waals surface area contributed by atoms with Crippen LogP contribution >= 0.6 is 0 Å². The fourth-order valence-electron chi connectivity index (χ4n) is 0.471. The van der Waals surface area contributed by atoms with Crippen LogP contribution in [0, 0.1) is 0 Å². The maximum atomic E-state index is 4.12. The summed E-state index contributed by atoms with van der Waals surface area (Å²) in [6, 6.07) is 3.91.